The number of thiocarbonyl (C=S) groups is 1. The lowest BCUT2D eigenvalue weighted by Crippen LogP contribution is -2.31. The average Bonchev–Trinajstić information content (AvgIpc) is 2.59. The van der Waals surface area contributed by atoms with E-state index >= 15 is 0 Å². The Balaban J connectivity index is 2.16. The van der Waals surface area contributed by atoms with E-state index in [9.17, 15) is 8.42 Å². The van der Waals surface area contributed by atoms with Gasteiger partial charge < -0.3 is 15.4 Å². The Bertz CT molecular complexity index is 871. The molecule has 0 atom stereocenters. The van der Waals surface area contributed by atoms with Gasteiger partial charge in [0.2, 0.25) is 0 Å². The van der Waals surface area contributed by atoms with E-state index < -0.39 is 10.0 Å². The average molecular weight is 414 g/mol. The van der Waals surface area contributed by atoms with Crippen LogP contribution in [-0.2, 0) is 14.8 Å². The van der Waals surface area contributed by atoms with Gasteiger partial charge in [0, 0.05) is 30.1 Å². The third-order valence-electron chi connectivity index (χ3n) is 3.46. The Morgan fingerprint density at radius 1 is 1.19 bits per heavy atom. The number of halogens is 1. The van der Waals surface area contributed by atoms with Crippen molar-refractivity contribution in [3.05, 3.63) is 53.1 Å². The highest BCUT2D eigenvalue weighted by Gasteiger charge is 2.16. The van der Waals surface area contributed by atoms with Gasteiger partial charge in [-0.3, -0.25) is 4.72 Å². The quantitative estimate of drug-likeness (QED) is 0.477. The number of hydrogen-bond donors (Lipinski definition) is 3. The van der Waals surface area contributed by atoms with Gasteiger partial charge in [-0.25, -0.2) is 8.42 Å². The summed E-state index contributed by atoms with van der Waals surface area (Å²) in [4.78, 5) is 0.125. The highest BCUT2D eigenvalue weighted by atomic mass is 35.5. The first-order valence-corrected chi connectivity index (χ1v) is 10.0. The lowest BCUT2D eigenvalue weighted by molar-refractivity contribution is 0.204. The first kappa shape index (κ1) is 20.4. The largest absolute Gasteiger partial charge is 0.383 e. The molecule has 26 heavy (non-hydrogen) atoms. The normalized spacial score (nSPS) is 11.0. The van der Waals surface area contributed by atoms with Crippen molar-refractivity contribution in [3.8, 4) is 0 Å². The number of methoxy groups -OCH3 is 1. The van der Waals surface area contributed by atoms with Gasteiger partial charge in [0.05, 0.1) is 11.5 Å². The summed E-state index contributed by atoms with van der Waals surface area (Å²) in [5.74, 6) is 0. The molecule has 6 nitrogen and oxygen atoms in total. The van der Waals surface area contributed by atoms with Crippen LogP contribution in [0.15, 0.2) is 47.4 Å². The standard InChI is InChI=1S/C17H20ClN3O3S2/c1-12-3-8-15(11-16(12)20-17(25)19-9-10-24-2)26(22,23)21-14-6-4-13(18)5-7-14/h3-8,11,21H,9-10H2,1-2H3,(H2,19,20,25). The molecule has 0 aliphatic carbocycles. The summed E-state index contributed by atoms with van der Waals surface area (Å²) in [6, 6.07) is 11.2. The highest BCUT2D eigenvalue weighted by molar-refractivity contribution is 7.92. The lowest BCUT2D eigenvalue weighted by Gasteiger charge is -2.14. The van der Waals surface area contributed by atoms with Crippen LogP contribution in [0.25, 0.3) is 0 Å². The fourth-order valence-electron chi connectivity index (χ4n) is 2.07. The summed E-state index contributed by atoms with van der Waals surface area (Å²) >= 11 is 11.0. The fourth-order valence-corrected chi connectivity index (χ4v) is 3.49. The zero-order valence-corrected chi connectivity index (χ0v) is 16.8. The third kappa shape index (κ3) is 5.84. The minimum Gasteiger partial charge on any atom is -0.383 e. The first-order chi connectivity index (χ1) is 12.3. The van der Waals surface area contributed by atoms with Gasteiger partial charge >= 0.3 is 0 Å². The van der Waals surface area contributed by atoms with Crippen LogP contribution in [0.5, 0.6) is 0 Å². The van der Waals surface area contributed by atoms with Crippen LogP contribution in [0, 0.1) is 6.92 Å². The molecule has 2 aromatic rings. The second-order valence-electron chi connectivity index (χ2n) is 5.46. The Morgan fingerprint density at radius 3 is 2.54 bits per heavy atom. The maximum Gasteiger partial charge on any atom is 0.261 e. The molecule has 0 bridgehead atoms. The van der Waals surface area contributed by atoms with Crippen molar-refractivity contribution >= 4 is 50.3 Å². The fraction of sp³-hybridized carbons (Fsp3) is 0.235. The summed E-state index contributed by atoms with van der Waals surface area (Å²) in [5, 5.41) is 6.91. The van der Waals surface area contributed by atoms with Crippen LogP contribution < -0.4 is 15.4 Å². The maximum atomic E-state index is 12.6. The summed E-state index contributed by atoms with van der Waals surface area (Å²) in [6.45, 7) is 2.93. The van der Waals surface area contributed by atoms with Crippen LogP contribution in [0.4, 0.5) is 11.4 Å². The molecule has 0 fully saturated rings. The molecule has 2 aromatic carbocycles. The van der Waals surface area contributed by atoms with Gasteiger partial charge in [0.1, 0.15) is 0 Å². The molecule has 2 rings (SSSR count). The van der Waals surface area contributed by atoms with Gasteiger partial charge in [-0.15, -0.1) is 0 Å². The minimum atomic E-state index is -3.74. The molecular formula is C17H20ClN3O3S2. The number of sulfonamides is 1. The molecule has 0 amide bonds. The number of anilines is 2. The van der Waals surface area contributed by atoms with Crippen molar-refractivity contribution in [2.45, 2.75) is 11.8 Å². The molecule has 9 heteroatoms. The van der Waals surface area contributed by atoms with Gasteiger partial charge in [-0.1, -0.05) is 17.7 Å². The molecule has 0 saturated heterocycles. The monoisotopic (exact) mass is 413 g/mol. The van der Waals surface area contributed by atoms with Crippen molar-refractivity contribution in [2.24, 2.45) is 0 Å². The highest BCUT2D eigenvalue weighted by Crippen LogP contribution is 2.23. The van der Waals surface area contributed by atoms with Gasteiger partial charge in [-0.05, 0) is 61.1 Å². The smallest absolute Gasteiger partial charge is 0.261 e. The van der Waals surface area contributed by atoms with Crippen LogP contribution in [0.2, 0.25) is 5.02 Å². The maximum absolute atomic E-state index is 12.6. The summed E-state index contributed by atoms with van der Waals surface area (Å²) in [5.41, 5.74) is 1.91. The molecule has 0 aliphatic rings. The van der Waals surface area contributed by atoms with Crippen LogP contribution in [0.1, 0.15) is 5.56 Å². The van der Waals surface area contributed by atoms with E-state index in [4.69, 9.17) is 28.6 Å². The van der Waals surface area contributed by atoms with Gasteiger partial charge in [-0.2, -0.15) is 0 Å². The zero-order valence-electron chi connectivity index (χ0n) is 14.4. The number of rotatable bonds is 7. The van der Waals surface area contributed by atoms with Crippen molar-refractivity contribution in [3.63, 3.8) is 0 Å². The topological polar surface area (TPSA) is 79.5 Å². The molecule has 0 saturated carbocycles. The molecule has 0 heterocycles. The molecule has 0 unspecified atom stereocenters. The van der Waals surface area contributed by atoms with E-state index in [0.29, 0.717) is 34.7 Å². The first-order valence-electron chi connectivity index (χ1n) is 7.74. The second kappa shape index (κ2) is 9.18. The summed E-state index contributed by atoms with van der Waals surface area (Å²) in [6.07, 6.45) is 0. The molecule has 0 spiro atoms. The number of hydrogen-bond acceptors (Lipinski definition) is 4. The molecule has 3 N–H and O–H groups in total. The number of nitrogens with one attached hydrogen (secondary N) is 3. The Labute approximate surface area is 163 Å². The molecular weight excluding hydrogens is 394 g/mol. The SMILES string of the molecule is COCCNC(=S)Nc1cc(S(=O)(=O)Nc2ccc(Cl)cc2)ccc1C. The summed E-state index contributed by atoms with van der Waals surface area (Å²) < 4.78 is 32.7. The van der Waals surface area contributed by atoms with E-state index in [-0.39, 0.29) is 4.90 Å². The minimum absolute atomic E-state index is 0.125. The van der Waals surface area contributed by atoms with E-state index in [1.807, 2.05) is 6.92 Å². The van der Waals surface area contributed by atoms with E-state index in [1.165, 1.54) is 6.07 Å². The summed E-state index contributed by atoms with van der Waals surface area (Å²) in [7, 11) is -2.14. The van der Waals surface area contributed by atoms with Gasteiger partial charge in [0.15, 0.2) is 5.11 Å². The van der Waals surface area contributed by atoms with Crippen LogP contribution in [-0.4, -0.2) is 33.8 Å². The number of ether oxygens (including phenoxy) is 1. The number of aryl methyl sites for hydroxylation is 1. The zero-order chi connectivity index (χ0) is 19.2. The molecule has 0 aliphatic heterocycles. The van der Waals surface area contributed by atoms with Crippen molar-refractivity contribution in [2.75, 3.05) is 30.3 Å². The third-order valence-corrected chi connectivity index (χ3v) is 5.33. The van der Waals surface area contributed by atoms with E-state index in [1.54, 1.807) is 43.5 Å². The number of benzene rings is 2. The van der Waals surface area contributed by atoms with E-state index in [0.717, 1.165) is 5.56 Å². The molecule has 0 aromatic heterocycles. The second-order valence-corrected chi connectivity index (χ2v) is 7.99. The van der Waals surface area contributed by atoms with Crippen molar-refractivity contribution in [1.29, 1.82) is 0 Å². The van der Waals surface area contributed by atoms with Gasteiger partial charge in [0.25, 0.3) is 10.0 Å². The molecule has 0 radical (unpaired) electrons. The Hall–Kier alpha value is -1.87. The lowest BCUT2D eigenvalue weighted by atomic mass is 10.2. The predicted molar refractivity (Wildman–Crippen MR) is 110 cm³/mol. The van der Waals surface area contributed by atoms with Crippen LogP contribution in [0.3, 0.4) is 0 Å². The Morgan fingerprint density at radius 2 is 1.88 bits per heavy atom. The van der Waals surface area contributed by atoms with E-state index in [2.05, 4.69) is 15.4 Å². The van der Waals surface area contributed by atoms with Crippen LogP contribution >= 0.6 is 23.8 Å². The predicted octanol–water partition coefficient (Wildman–Crippen LogP) is 3.38. The van der Waals surface area contributed by atoms with Crippen molar-refractivity contribution in [1.82, 2.24) is 5.32 Å². The Kier molecular flexibility index (Phi) is 7.22. The van der Waals surface area contributed by atoms with Crippen molar-refractivity contribution < 1.29 is 13.2 Å². The molecule has 140 valence electrons.